The maximum Gasteiger partial charge on any atom is 0.264 e. The van der Waals surface area contributed by atoms with Gasteiger partial charge in [0.1, 0.15) is 17.2 Å². The largest absolute Gasteiger partial charge is 0.490 e. The van der Waals surface area contributed by atoms with E-state index in [2.05, 4.69) is 86.0 Å². The first-order chi connectivity index (χ1) is 57.3. The number of aliphatic hydroxyl groups excluding tert-OH is 3. The molecule has 6 aliphatic carbocycles. The van der Waals surface area contributed by atoms with Crippen LogP contribution in [-0.4, -0.2) is 153 Å². The molecule has 0 unspecified atom stereocenters. The Morgan fingerprint density at radius 1 is 0.383 bits per heavy atom. The highest BCUT2D eigenvalue weighted by molar-refractivity contribution is 7.90. The van der Waals surface area contributed by atoms with Crippen LogP contribution in [0.15, 0.2) is 146 Å². The van der Waals surface area contributed by atoms with Crippen molar-refractivity contribution in [3.63, 3.8) is 0 Å². The minimum atomic E-state index is -3.81. The average Bonchev–Trinajstić information content (AvgIpc) is 1.54. The minimum absolute atomic E-state index is 0.197. The summed E-state index contributed by atoms with van der Waals surface area (Å²) in [6.07, 6.45) is 26.4. The van der Waals surface area contributed by atoms with Crippen LogP contribution in [0, 0.1) is 34.0 Å². The highest BCUT2D eigenvalue weighted by Gasteiger charge is 2.54. The smallest absolute Gasteiger partial charge is 0.264 e. The molecule has 6 aromatic carbocycles. The molecule has 6 aliphatic heterocycles. The minimum Gasteiger partial charge on any atom is -0.490 e. The zero-order chi connectivity index (χ0) is 84.4. The zero-order valence-corrected chi connectivity index (χ0v) is 73.3. The first-order valence-electron chi connectivity index (χ1n) is 42.8. The normalized spacial score (nSPS) is 32.5. The molecule has 3 amide bonds. The molecule has 3 fully saturated rings. The van der Waals surface area contributed by atoms with E-state index in [-0.39, 0.29) is 103 Å². The van der Waals surface area contributed by atoms with E-state index >= 15 is 0 Å². The molecule has 0 aromatic heterocycles. The summed E-state index contributed by atoms with van der Waals surface area (Å²) in [6.45, 7) is 12.2. The van der Waals surface area contributed by atoms with Crippen LogP contribution < -0.4 is 43.1 Å². The van der Waals surface area contributed by atoms with Crippen molar-refractivity contribution in [1.82, 2.24) is 14.2 Å². The van der Waals surface area contributed by atoms with Gasteiger partial charge < -0.3 is 44.2 Å². The number of sulfonamides is 3. The summed E-state index contributed by atoms with van der Waals surface area (Å²) >= 11 is 19.1. The molecule has 12 aliphatic rings. The third-order valence-electron chi connectivity index (χ3n) is 29.4. The summed E-state index contributed by atoms with van der Waals surface area (Å²) in [6, 6.07) is 34.0. The lowest BCUT2D eigenvalue weighted by Gasteiger charge is -2.52. The molecule has 3 spiro atoms. The number of nitrogens with one attached hydrogen (secondary N) is 3. The number of hydrogen-bond acceptors (Lipinski definition) is 18. The molecule has 27 heteroatoms. The predicted octanol–water partition coefficient (Wildman–Crippen LogP) is 15.0. The summed E-state index contributed by atoms with van der Waals surface area (Å²) in [5, 5.41) is 35.9. The molecule has 0 radical (unpaired) electrons. The van der Waals surface area contributed by atoms with Gasteiger partial charge in [0, 0.05) is 87.3 Å². The Balaban J connectivity index is 0.000000134. The maximum atomic E-state index is 13.1. The van der Waals surface area contributed by atoms with Crippen molar-refractivity contribution in [3.05, 3.63) is 211 Å². The molecule has 21 nitrogen and oxygen atoms in total. The van der Waals surface area contributed by atoms with E-state index in [0.29, 0.717) is 95.6 Å². The van der Waals surface area contributed by atoms with Crippen LogP contribution in [0.5, 0.6) is 17.2 Å². The fourth-order valence-electron chi connectivity index (χ4n) is 21.5. The van der Waals surface area contributed by atoms with Gasteiger partial charge >= 0.3 is 0 Å². The lowest BCUT2D eigenvalue weighted by atomic mass is 9.57. The number of ether oxygens (including phenoxy) is 3. The fraction of sp³-hybridized carbons (Fsp3) is 0.516. The van der Waals surface area contributed by atoms with Gasteiger partial charge in [0.15, 0.2) is 0 Å². The molecule has 6 aromatic rings. The number of amides is 3. The number of aryl methyl sites for hydroxylation is 3. The van der Waals surface area contributed by atoms with Gasteiger partial charge in [-0.2, -0.15) is 0 Å². The number of carbonyl (C=O) groups excluding carboxylic acids is 3. The standard InChI is InChI=1S/3C31H37ClN2O5S/c3*1-30-14-12-23(30)18-34-19-31(13-5-6-21-16-24(32)9-10-25(21)31)20-39-27-11-8-22(17-26(27)34)29(36)33-40(37,38)15-4-2-3-7-28(30)35/h3*2-3,8-11,16-17,23,28,35H,4-7,12-15,18-20H2,1H3,(H,33,36)/b2*3-2+;3-2-/t23-,28+,30-,31-;23-,28-,30-,31-;23-,28+,30-,31-/m000/s1. The Kier molecular flexibility index (Phi) is 24.4. The van der Waals surface area contributed by atoms with Crippen LogP contribution in [0.2, 0.25) is 15.1 Å². The van der Waals surface area contributed by atoms with Crippen molar-refractivity contribution in [2.45, 2.75) is 190 Å². The number of benzene rings is 6. The third-order valence-corrected chi connectivity index (χ3v) is 33.9. The van der Waals surface area contributed by atoms with Gasteiger partial charge in [-0.3, -0.25) is 14.4 Å². The summed E-state index contributed by atoms with van der Waals surface area (Å²) in [5.74, 6) is 0.326. The molecular formula is C93H111Cl3N6O15S3. The highest BCUT2D eigenvalue weighted by atomic mass is 35.5. The second-order valence-electron chi connectivity index (χ2n) is 36.9. The third kappa shape index (κ3) is 17.5. The molecular weight excluding hydrogens is 1640 g/mol. The lowest BCUT2D eigenvalue weighted by molar-refractivity contribution is -0.0696. The van der Waals surface area contributed by atoms with Crippen molar-refractivity contribution in [1.29, 1.82) is 0 Å². The Bertz CT molecular complexity index is 4900. The van der Waals surface area contributed by atoms with E-state index in [9.17, 15) is 55.0 Å². The van der Waals surface area contributed by atoms with E-state index in [4.69, 9.17) is 49.0 Å². The van der Waals surface area contributed by atoms with Crippen LogP contribution in [0.4, 0.5) is 17.1 Å². The SMILES string of the molecule is C[C@]12CC[C@H]1CN1C[C@@]3(CCCc4cc(Cl)ccc43)COc3ccc(cc31)C(=O)NS(=O)(=O)CC/C=C/C[C@@H]2O.C[C@]12CC[C@H]1CN1C[C@@]3(CCCc4cc(Cl)ccc43)COc3ccc(cc31)C(=O)NS(=O)(=O)CC/C=C/C[C@H]2O.C[C@]12CC[C@H]1CN1C[C@@]3(CCCc4cc(Cl)ccc43)COc3ccc(cc31)C(=O)NS(=O)(=O)CC/C=C\C[C@H]2O. The Morgan fingerprint density at radius 3 is 0.933 bits per heavy atom. The van der Waals surface area contributed by atoms with E-state index in [1.54, 1.807) is 72.8 Å². The number of rotatable bonds is 0. The van der Waals surface area contributed by atoms with Crippen molar-refractivity contribution >= 4 is 99.7 Å². The summed E-state index contributed by atoms with van der Waals surface area (Å²) in [5.41, 5.74) is 9.22. The van der Waals surface area contributed by atoms with Crippen molar-refractivity contribution in [2.75, 3.05) is 91.0 Å². The molecule has 12 atom stereocenters. The summed E-state index contributed by atoms with van der Waals surface area (Å²) in [7, 11) is -11.4. The van der Waals surface area contributed by atoms with Gasteiger partial charge in [-0.05, 0) is 293 Å². The highest BCUT2D eigenvalue weighted by Crippen LogP contribution is 2.57. The van der Waals surface area contributed by atoms with E-state index in [0.717, 1.165) is 128 Å². The number of nitrogens with zero attached hydrogens (tertiary/aromatic N) is 3. The zero-order valence-electron chi connectivity index (χ0n) is 68.6. The monoisotopic (exact) mass is 1750 g/mol. The number of fused-ring (bicyclic) bond motifs is 12. The molecule has 642 valence electrons. The molecule has 6 N–H and O–H groups in total. The topological polar surface area (TPSA) is 288 Å². The van der Waals surface area contributed by atoms with Gasteiger partial charge in [0.2, 0.25) is 30.1 Å². The first kappa shape index (κ1) is 85.9. The molecule has 18 rings (SSSR count). The first-order valence-corrected chi connectivity index (χ1v) is 48.9. The summed E-state index contributed by atoms with van der Waals surface area (Å²) in [4.78, 5) is 46.3. The molecule has 120 heavy (non-hydrogen) atoms. The number of allylic oxidation sites excluding steroid dienone is 3. The molecule has 6 heterocycles. The van der Waals surface area contributed by atoms with Gasteiger partial charge in [-0.1, -0.05) is 110 Å². The Morgan fingerprint density at radius 2 is 0.667 bits per heavy atom. The van der Waals surface area contributed by atoms with Gasteiger partial charge in [-0.15, -0.1) is 0 Å². The van der Waals surface area contributed by atoms with E-state index in [1.165, 1.54) is 33.4 Å². The fourth-order valence-corrected chi connectivity index (χ4v) is 24.9. The lowest BCUT2D eigenvalue weighted by Crippen LogP contribution is -2.53. The average molecular weight is 1760 g/mol. The van der Waals surface area contributed by atoms with Gasteiger partial charge in [0.25, 0.3) is 17.7 Å². The van der Waals surface area contributed by atoms with Crippen molar-refractivity contribution in [3.8, 4) is 17.2 Å². The maximum absolute atomic E-state index is 13.1. The van der Waals surface area contributed by atoms with Crippen molar-refractivity contribution < 1.29 is 69.2 Å². The van der Waals surface area contributed by atoms with E-state index < -0.39 is 66.1 Å². The summed E-state index contributed by atoms with van der Waals surface area (Å²) < 4.78 is 102. The van der Waals surface area contributed by atoms with Crippen LogP contribution in [-0.2, 0) is 65.6 Å². The number of hydrogen-bond donors (Lipinski definition) is 6. The number of carbonyl (C=O) groups is 3. The van der Waals surface area contributed by atoms with Crippen LogP contribution >= 0.6 is 34.8 Å². The molecule has 6 bridgehead atoms. The van der Waals surface area contributed by atoms with E-state index in [1.807, 2.05) is 36.4 Å². The number of halogens is 3. The second-order valence-corrected chi connectivity index (χ2v) is 43.7. The van der Waals surface area contributed by atoms with Crippen LogP contribution in [0.25, 0.3) is 0 Å². The Labute approximate surface area is 721 Å². The quantitative estimate of drug-likeness (QED) is 0.0771. The predicted molar refractivity (Wildman–Crippen MR) is 470 cm³/mol. The molecule has 3 saturated carbocycles. The van der Waals surface area contributed by atoms with Gasteiger partial charge in [0.05, 0.1) is 72.5 Å². The molecule has 0 saturated heterocycles. The number of aliphatic hydroxyl groups is 3. The van der Waals surface area contributed by atoms with Crippen molar-refractivity contribution in [2.24, 2.45) is 34.0 Å². The Hall–Kier alpha value is -7.65. The van der Waals surface area contributed by atoms with Crippen LogP contribution in [0.1, 0.15) is 201 Å². The van der Waals surface area contributed by atoms with Gasteiger partial charge in [-0.25, -0.2) is 39.4 Å². The van der Waals surface area contributed by atoms with Crippen LogP contribution in [0.3, 0.4) is 0 Å². The second kappa shape index (κ2) is 34.1. The number of anilines is 3.